The van der Waals surface area contributed by atoms with Crippen molar-refractivity contribution in [3.05, 3.63) is 65.0 Å². The maximum Gasteiger partial charge on any atom is 0.235 e. The van der Waals surface area contributed by atoms with Gasteiger partial charge in [0.15, 0.2) is 5.82 Å². The summed E-state index contributed by atoms with van der Waals surface area (Å²) in [6.07, 6.45) is 0.438. The molecule has 0 unspecified atom stereocenters. The zero-order chi connectivity index (χ0) is 18.5. The number of carbonyl (C=O) groups excluding carboxylic acids is 1. The maximum absolute atomic E-state index is 12.9. The van der Waals surface area contributed by atoms with Crippen molar-refractivity contribution in [3.8, 4) is 5.75 Å². The van der Waals surface area contributed by atoms with Crippen LogP contribution in [0.4, 0.5) is 5.69 Å². The van der Waals surface area contributed by atoms with Gasteiger partial charge < -0.3 is 10.1 Å². The van der Waals surface area contributed by atoms with Gasteiger partial charge in [0.25, 0.3) is 0 Å². The van der Waals surface area contributed by atoms with Crippen LogP contribution in [-0.2, 0) is 11.2 Å². The smallest absolute Gasteiger partial charge is 0.235 e. The number of tetrazole rings is 1. The van der Waals surface area contributed by atoms with Crippen molar-refractivity contribution >= 4 is 11.6 Å². The number of carbonyl (C=O) groups is 1. The molecule has 7 heteroatoms. The average Bonchev–Trinajstić information content (AvgIpc) is 3.13. The Balaban J connectivity index is 1.85. The molecule has 0 bridgehead atoms. The highest BCUT2D eigenvalue weighted by atomic mass is 16.5. The lowest BCUT2D eigenvalue weighted by molar-refractivity contribution is -0.117. The van der Waals surface area contributed by atoms with E-state index < -0.39 is 5.92 Å². The molecule has 0 saturated heterocycles. The second-order valence-corrected chi connectivity index (χ2v) is 6.24. The van der Waals surface area contributed by atoms with E-state index in [-0.39, 0.29) is 5.91 Å². The molecule has 0 aliphatic rings. The second-order valence-electron chi connectivity index (χ2n) is 6.24. The fraction of sp³-hybridized carbons (Fsp3) is 0.263. The Hall–Kier alpha value is -3.22. The normalized spacial score (nSPS) is 11.8. The molecule has 0 radical (unpaired) electrons. The fourth-order valence-corrected chi connectivity index (χ4v) is 2.93. The van der Waals surface area contributed by atoms with E-state index in [2.05, 4.69) is 32.0 Å². The number of aromatic nitrogens is 4. The molecule has 1 aromatic heterocycles. The Labute approximate surface area is 151 Å². The second kappa shape index (κ2) is 7.77. The average molecular weight is 351 g/mol. The Morgan fingerprint density at radius 1 is 1.19 bits per heavy atom. The molecule has 3 rings (SSSR count). The largest absolute Gasteiger partial charge is 0.497 e. The third-order valence-electron chi connectivity index (χ3n) is 4.05. The summed E-state index contributed by atoms with van der Waals surface area (Å²) in [6, 6.07) is 13.5. The number of nitrogens with one attached hydrogen (secondary N) is 2. The molecule has 7 nitrogen and oxygen atoms in total. The number of rotatable bonds is 6. The van der Waals surface area contributed by atoms with E-state index in [4.69, 9.17) is 4.74 Å². The highest BCUT2D eigenvalue weighted by Crippen LogP contribution is 2.23. The quantitative estimate of drug-likeness (QED) is 0.712. The van der Waals surface area contributed by atoms with E-state index in [9.17, 15) is 4.79 Å². The van der Waals surface area contributed by atoms with Gasteiger partial charge in [-0.2, -0.15) is 5.21 Å². The number of ether oxygens (including phenoxy) is 1. The number of benzene rings is 2. The summed E-state index contributed by atoms with van der Waals surface area (Å²) in [5, 5.41) is 17.0. The third-order valence-corrected chi connectivity index (χ3v) is 4.05. The van der Waals surface area contributed by atoms with Gasteiger partial charge in [0.1, 0.15) is 11.7 Å². The zero-order valence-corrected chi connectivity index (χ0v) is 15.0. The maximum atomic E-state index is 12.9. The molecule has 1 heterocycles. The number of amides is 1. The molecular weight excluding hydrogens is 330 g/mol. The number of methoxy groups -OCH3 is 1. The van der Waals surface area contributed by atoms with Crippen LogP contribution in [0.15, 0.2) is 42.5 Å². The van der Waals surface area contributed by atoms with Gasteiger partial charge in [-0.25, -0.2) is 0 Å². The van der Waals surface area contributed by atoms with Crippen LogP contribution in [0, 0.1) is 13.8 Å². The summed E-state index contributed by atoms with van der Waals surface area (Å²) in [6.45, 7) is 3.99. The Kier molecular flexibility index (Phi) is 5.26. The van der Waals surface area contributed by atoms with E-state index in [1.54, 1.807) is 7.11 Å². The van der Waals surface area contributed by atoms with Crippen LogP contribution in [0.2, 0.25) is 0 Å². The van der Waals surface area contributed by atoms with E-state index in [1.807, 2.05) is 50.2 Å². The van der Waals surface area contributed by atoms with Gasteiger partial charge in [0, 0.05) is 5.69 Å². The van der Waals surface area contributed by atoms with Gasteiger partial charge in [-0.1, -0.05) is 23.4 Å². The number of nitrogens with zero attached hydrogens (tertiary/aromatic N) is 3. The van der Waals surface area contributed by atoms with Gasteiger partial charge in [-0.05, 0) is 61.2 Å². The van der Waals surface area contributed by atoms with Gasteiger partial charge in [-0.3, -0.25) is 4.79 Å². The number of anilines is 1. The first-order valence-electron chi connectivity index (χ1n) is 8.30. The van der Waals surface area contributed by atoms with E-state index in [1.165, 1.54) is 0 Å². The van der Waals surface area contributed by atoms with Crippen LogP contribution in [0.5, 0.6) is 5.75 Å². The van der Waals surface area contributed by atoms with Crippen LogP contribution in [0.1, 0.15) is 28.4 Å². The summed E-state index contributed by atoms with van der Waals surface area (Å²) in [5.41, 5.74) is 3.88. The molecule has 2 aromatic carbocycles. The highest BCUT2D eigenvalue weighted by Gasteiger charge is 2.25. The van der Waals surface area contributed by atoms with Crippen molar-refractivity contribution in [2.75, 3.05) is 12.4 Å². The molecule has 134 valence electrons. The minimum atomic E-state index is -0.568. The number of H-pyrrole nitrogens is 1. The molecule has 0 spiro atoms. The molecule has 0 aliphatic carbocycles. The molecule has 3 aromatic rings. The first-order chi connectivity index (χ1) is 12.5. The molecule has 0 saturated carbocycles. The topological polar surface area (TPSA) is 92.8 Å². The number of hydrogen-bond donors (Lipinski definition) is 2. The van der Waals surface area contributed by atoms with E-state index >= 15 is 0 Å². The molecule has 1 atom stereocenters. The summed E-state index contributed by atoms with van der Waals surface area (Å²) in [5.74, 6) is 0.347. The van der Waals surface area contributed by atoms with E-state index in [0.29, 0.717) is 12.2 Å². The summed E-state index contributed by atoms with van der Waals surface area (Å²) in [7, 11) is 1.61. The van der Waals surface area contributed by atoms with E-state index in [0.717, 1.165) is 28.1 Å². The highest BCUT2D eigenvalue weighted by molar-refractivity contribution is 5.95. The SMILES string of the molecule is COc1cccc(C[C@@H](C(=O)Nc2cc(C)cc(C)c2)c2nn[nH]n2)c1. The molecule has 26 heavy (non-hydrogen) atoms. The van der Waals surface area contributed by atoms with Crippen molar-refractivity contribution in [2.45, 2.75) is 26.2 Å². The van der Waals surface area contributed by atoms with Crippen LogP contribution in [0.25, 0.3) is 0 Å². The lowest BCUT2D eigenvalue weighted by Gasteiger charge is -2.15. The number of aromatic amines is 1. The van der Waals surface area contributed by atoms with Crippen molar-refractivity contribution in [1.82, 2.24) is 20.6 Å². The summed E-state index contributed by atoms with van der Waals surface area (Å²) >= 11 is 0. The number of aryl methyl sites for hydroxylation is 2. The van der Waals surface area contributed by atoms with Crippen LogP contribution < -0.4 is 10.1 Å². The monoisotopic (exact) mass is 351 g/mol. The van der Waals surface area contributed by atoms with Crippen LogP contribution in [-0.4, -0.2) is 33.6 Å². The Bertz CT molecular complexity index is 872. The predicted molar refractivity (Wildman–Crippen MR) is 98.2 cm³/mol. The molecule has 0 aliphatic heterocycles. The molecule has 1 amide bonds. The van der Waals surface area contributed by atoms with Crippen LogP contribution in [0.3, 0.4) is 0 Å². The summed E-state index contributed by atoms with van der Waals surface area (Å²) < 4.78 is 5.26. The van der Waals surface area contributed by atoms with Gasteiger partial charge >= 0.3 is 0 Å². The minimum absolute atomic E-state index is 0.181. The van der Waals surface area contributed by atoms with Crippen molar-refractivity contribution < 1.29 is 9.53 Å². The minimum Gasteiger partial charge on any atom is -0.497 e. The van der Waals surface area contributed by atoms with Gasteiger partial charge in [0.05, 0.1) is 7.11 Å². The Morgan fingerprint density at radius 2 is 1.96 bits per heavy atom. The van der Waals surface area contributed by atoms with Crippen molar-refractivity contribution in [2.24, 2.45) is 0 Å². The zero-order valence-electron chi connectivity index (χ0n) is 15.0. The van der Waals surface area contributed by atoms with Crippen molar-refractivity contribution in [3.63, 3.8) is 0 Å². The lowest BCUT2D eigenvalue weighted by atomic mass is 9.97. The van der Waals surface area contributed by atoms with Crippen molar-refractivity contribution in [1.29, 1.82) is 0 Å². The predicted octanol–water partition coefficient (Wildman–Crippen LogP) is 2.79. The molecule has 2 N–H and O–H groups in total. The molecule has 0 fully saturated rings. The summed E-state index contributed by atoms with van der Waals surface area (Å²) in [4.78, 5) is 12.9. The standard InChI is InChI=1S/C19H21N5O2/c1-12-7-13(2)9-15(8-12)20-19(25)17(18-21-23-24-22-18)11-14-5-4-6-16(10-14)26-3/h4-10,17H,11H2,1-3H3,(H,20,25)(H,21,22,23,24)/t17-/m1/s1. The van der Waals surface area contributed by atoms with Crippen LogP contribution >= 0.6 is 0 Å². The number of hydrogen-bond acceptors (Lipinski definition) is 5. The van der Waals surface area contributed by atoms with Gasteiger partial charge in [-0.15, -0.1) is 10.2 Å². The van der Waals surface area contributed by atoms with Gasteiger partial charge in [0.2, 0.25) is 5.91 Å². The third kappa shape index (κ3) is 4.24. The molecular formula is C19H21N5O2. The fourth-order valence-electron chi connectivity index (χ4n) is 2.93. The Morgan fingerprint density at radius 3 is 2.62 bits per heavy atom. The first-order valence-corrected chi connectivity index (χ1v) is 8.30. The first kappa shape index (κ1) is 17.6. The lowest BCUT2D eigenvalue weighted by Crippen LogP contribution is -2.24.